The smallest absolute Gasteiger partial charge is 0.247 e. The predicted octanol–water partition coefficient (Wildman–Crippen LogP) is 4.15. The summed E-state index contributed by atoms with van der Waals surface area (Å²) in [5.74, 6) is 0.126. The molecular formula is C25H30N4O5S. The van der Waals surface area contributed by atoms with Crippen molar-refractivity contribution in [2.24, 2.45) is 0 Å². The summed E-state index contributed by atoms with van der Waals surface area (Å²) in [6.07, 6.45) is 2.96. The molecule has 0 fully saturated rings. The molecule has 0 unspecified atom stereocenters. The van der Waals surface area contributed by atoms with Crippen LogP contribution in [0.1, 0.15) is 51.0 Å². The highest BCUT2D eigenvalue weighted by atomic mass is 32.1. The molecule has 2 heterocycles. The highest BCUT2D eigenvalue weighted by Crippen LogP contribution is 2.27. The Morgan fingerprint density at radius 3 is 2.46 bits per heavy atom. The third-order valence-corrected chi connectivity index (χ3v) is 5.65. The van der Waals surface area contributed by atoms with E-state index in [1.807, 2.05) is 20.8 Å². The van der Waals surface area contributed by atoms with Gasteiger partial charge in [-0.2, -0.15) is 0 Å². The Hall–Kier alpha value is -3.66. The Kier molecular flexibility index (Phi) is 8.64. The molecule has 9 nitrogen and oxygen atoms in total. The number of carbonyl (C=O) groups excluding carboxylic acids is 3. The van der Waals surface area contributed by atoms with Crippen LogP contribution in [0.3, 0.4) is 0 Å². The fraction of sp³-hybridized carbons (Fsp3) is 0.360. The summed E-state index contributed by atoms with van der Waals surface area (Å²) in [7, 11) is 1.56. The number of thiazole rings is 1. The standard InChI is InChI=1S/C25H30N4O5S/c1-25(2,3)28-23(32)22(17-7-9-18(33-4)10-8-17)29(16-19-6-5-14-34-19)21(31)12-11-20(30)27-24-26-13-15-35-24/h5-10,13-15,22H,11-12,16H2,1-4H3,(H,28,32)(H,26,27,30)/t22-/m1/s1. The van der Waals surface area contributed by atoms with Gasteiger partial charge in [0, 0.05) is 30.0 Å². The zero-order valence-electron chi connectivity index (χ0n) is 20.2. The Bertz CT molecular complexity index is 1110. The molecule has 0 spiro atoms. The molecule has 0 radical (unpaired) electrons. The van der Waals surface area contributed by atoms with Crippen LogP contribution < -0.4 is 15.4 Å². The topological polar surface area (TPSA) is 114 Å². The highest BCUT2D eigenvalue weighted by molar-refractivity contribution is 7.13. The molecule has 3 rings (SSSR count). The molecule has 2 aromatic heterocycles. The molecule has 0 aliphatic rings. The minimum atomic E-state index is -0.945. The van der Waals surface area contributed by atoms with Crippen LogP contribution in [0.5, 0.6) is 5.75 Å². The van der Waals surface area contributed by atoms with E-state index in [1.165, 1.54) is 22.5 Å². The molecule has 0 saturated carbocycles. The molecule has 2 N–H and O–H groups in total. The minimum Gasteiger partial charge on any atom is -0.497 e. The van der Waals surface area contributed by atoms with Crippen molar-refractivity contribution in [2.75, 3.05) is 12.4 Å². The maximum Gasteiger partial charge on any atom is 0.247 e. The Balaban J connectivity index is 1.88. The van der Waals surface area contributed by atoms with E-state index in [9.17, 15) is 14.4 Å². The lowest BCUT2D eigenvalue weighted by Crippen LogP contribution is -2.49. The van der Waals surface area contributed by atoms with Crippen molar-refractivity contribution in [3.8, 4) is 5.75 Å². The van der Waals surface area contributed by atoms with Crippen LogP contribution in [0.25, 0.3) is 0 Å². The van der Waals surface area contributed by atoms with Crippen LogP contribution in [-0.2, 0) is 20.9 Å². The third-order valence-electron chi connectivity index (χ3n) is 4.96. The second-order valence-electron chi connectivity index (χ2n) is 8.90. The molecule has 0 saturated heterocycles. The molecule has 0 aliphatic carbocycles. The molecule has 10 heteroatoms. The van der Waals surface area contributed by atoms with Gasteiger partial charge in [0.05, 0.1) is 19.9 Å². The van der Waals surface area contributed by atoms with Crippen molar-refractivity contribution >= 4 is 34.2 Å². The number of nitrogens with zero attached hydrogens (tertiary/aromatic N) is 2. The van der Waals surface area contributed by atoms with Crippen LogP contribution in [-0.4, -0.2) is 40.3 Å². The van der Waals surface area contributed by atoms with Crippen LogP contribution in [0, 0.1) is 0 Å². The van der Waals surface area contributed by atoms with Gasteiger partial charge in [-0.05, 0) is 50.6 Å². The first kappa shape index (κ1) is 26.0. The Morgan fingerprint density at radius 1 is 1.14 bits per heavy atom. The molecular weight excluding hydrogens is 468 g/mol. The first-order valence-electron chi connectivity index (χ1n) is 11.1. The minimum absolute atomic E-state index is 0.0523. The van der Waals surface area contributed by atoms with Crippen LogP contribution in [0.2, 0.25) is 0 Å². The van der Waals surface area contributed by atoms with Crippen LogP contribution >= 0.6 is 11.3 Å². The van der Waals surface area contributed by atoms with Gasteiger partial charge in [-0.3, -0.25) is 14.4 Å². The summed E-state index contributed by atoms with van der Waals surface area (Å²) in [4.78, 5) is 44.8. The van der Waals surface area contributed by atoms with E-state index in [2.05, 4.69) is 15.6 Å². The summed E-state index contributed by atoms with van der Waals surface area (Å²) < 4.78 is 10.7. The zero-order chi connectivity index (χ0) is 25.4. The summed E-state index contributed by atoms with van der Waals surface area (Å²) in [5.41, 5.74) is 0.0918. The van der Waals surface area contributed by atoms with E-state index < -0.39 is 11.6 Å². The average molecular weight is 499 g/mol. The maximum absolute atomic E-state index is 13.5. The van der Waals surface area contributed by atoms with E-state index in [4.69, 9.17) is 9.15 Å². The quantitative estimate of drug-likeness (QED) is 0.434. The van der Waals surface area contributed by atoms with Crippen molar-refractivity contribution in [3.63, 3.8) is 0 Å². The number of anilines is 1. The lowest BCUT2D eigenvalue weighted by Gasteiger charge is -2.33. The number of furan rings is 1. The summed E-state index contributed by atoms with van der Waals surface area (Å²) in [6, 6.07) is 9.50. The fourth-order valence-corrected chi connectivity index (χ4v) is 3.97. The maximum atomic E-state index is 13.5. The lowest BCUT2D eigenvalue weighted by molar-refractivity contribution is -0.143. The first-order valence-corrected chi connectivity index (χ1v) is 12.0. The lowest BCUT2D eigenvalue weighted by atomic mass is 10.0. The van der Waals surface area contributed by atoms with Crippen LogP contribution in [0.4, 0.5) is 5.13 Å². The number of hydrogen-bond acceptors (Lipinski definition) is 7. The first-order chi connectivity index (χ1) is 16.7. The van der Waals surface area contributed by atoms with E-state index in [0.29, 0.717) is 22.2 Å². The fourth-order valence-electron chi connectivity index (χ4n) is 3.42. The number of hydrogen-bond donors (Lipinski definition) is 2. The second kappa shape index (κ2) is 11.7. The van der Waals surface area contributed by atoms with Crippen LogP contribution in [0.15, 0.2) is 58.7 Å². The van der Waals surface area contributed by atoms with Gasteiger partial charge in [0.1, 0.15) is 17.6 Å². The summed E-state index contributed by atoms with van der Waals surface area (Å²) in [5, 5.41) is 7.87. The molecule has 35 heavy (non-hydrogen) atoms. The van der Waals surface area contributed by atoms with Crippen molar-refractivity contribution in [1.82, 2.24) is 15.2 Å². The number of ether oxygens (including phenoxy) is 1. The number of amides is 3. The van der Waals surface area contributed by atoms with Crippen molar-refractivity contribution in [3.05, 3.63) is 65.6 Å². The number of methoxy groups -OCH3 is 1. The summed E-state index contributed by atoms with van der Waals surface area (Å²) in [6.45, 7) is 5.68. The van der Waals surface area contributed by atoms with Crippen molar-refractivity contribution < 1.29 is 23.5 Å². The molecule has 0 aliphatic heterocycles. The van der Waals surface area contributed by atoms with E-state index in [1.54, 1.807) is 55.1 Å². The van der Waals surface area contributed by atoms with Gasteiger partial charge in [-0.15, -0.1) is 11.3 Å². The molecule has 1 aromatic carbocycles. The Labute approximate surface area is 208 Å². The zero-order valence-corrected chi connectivity index (χ0v) is 21.1. The highest BCUT2D eigenvalue weighted by Gasteiger charge is 2.34. The largest absolute Gasteiger partial charge is 0.497 e. The number of aromatic nitrogens is 1. The van der Waals surface area contributed by atoms with E-state index in [-0.39, 0.29) is 37.1 Å². The second-order valence-corrected chi connectivity index (χ2v) is 9.80. The number of benzene rings is 1. The van der Waals surface area contributed by atoms with Crippen molar-refractivity contribution in [2.45, 2.75) is 51.7 Å². The number of carbonyl (C=O) groups is 3. The Morgan fingerprint density at radius 2 is 1.89 bits per heavy atom. The van der Waals surface area contributed by atoms with Gasteiger partial charge in [-0.1, -0.05) is 12.1 Å². The third kappa shape index (κ3) is 7.68. The molecule has 186 valence electrons. The van der Waals surface area contributed by atoms with Gasteiger partial charge in [0.15, 0.2) is 5.13 Å². The average Bonchev–Trinajstić information content (AvgIpc) is 3.50. The molecule has 3 aromatic rings. The SMILES string of the molecule is COc1ccc([C@H](C(=O)NC(C)(C)C)N(Cc2ccco2)C(=O)CCC(=O)Nc2nccs2)cc1. The monoisotopic (exact) mass is 498 g/mol. The molecule has 0 bridgehead atoms. The van der Waals surface area contributed by atoms with Gasteiger partial charge < -0.3 is 24.7 Å². The van der Waals surface area contributed by atoms with E-state index in [0.717, 1.165) is 0 Å². The summed E-state index contributed by atoms with van der Waals surface area (Å²) >= 11 is 1.29. The number of rotatable bonds is 10. The van der Waals surface area contributed by atoms with Gasteiger partial charge in [0.2, 0.25) is 17.7 Å². The van der Waals surface area contributed by atoms with Gasteiger partial charge in [-0.25, -0.2) is 4.98 Å². The van der Waals surface area contributed by atoms with E-state index >= 15 is 0 Å². The normalized spacial score (nSPS) is 12.0. The van der Waals surface area contributed by atoms with Crippen molar-refractivity contribution in [1.29, 1.82) is 0 Å². The predicted molar refractivity (Wildman–Crippen MR) is 133 cm³/mol. The molecule has 1 atom stereocenters. The number of nitrogens with one attached hydrogen (secondary N) is 2. The van der Waals surface area contributed by atoms with Gasteiger partial charge in [0.25, 0.3) is 0 Å². The molecule has 3 amide bonds. The van der Waals surface area contributed by atoms with Gasteiger partial charge >= 0.3 is 0 Å².